The summed E-state index contributed by atoms with van der Waals surface area (Å²) in [6, 6.07) is 34.4. The van der Waals surface area contributed by atoms with E-state index >= 15 is 0 Å². The molecule has 0 aromatic heterocycles. The van der Waals surface area contributed by atoms with Gasteiger partial charge in [-0.1, -0.05) is 90.6 Å². The molecule has 0 heterocycles. The van der Waals surface area contributed by atoms with Crippen LogP contribution < -0.4 is 4.74 Å². The molecule has 33 heavy (non-hydrogen) atoms. The zero-order valence-electron chi connectivity index (χ0n) is 17.6. The number of rotatable bonds is 7. The highest BCUT2D eigenvalue weighted by molar-refractivity contribution is 8.08. The molecule has 0 radical (unpaired) electrons. The molecule has 1 nitrogen and oxygen atoms in total. The van der Waals surface area contributed by atoms with Crippen molar-refractivity contribution in [2.24, 2.45) is 0 Å². The third-order valence-electron chi connectivity index (χ3n) is 4.96. The molecular formula is C28H21F3OS. The summed E-state index contributed by atoms with van der Waals surface area (Å²) in [7, 11) is 0. The fourth-order valence-electron chi connectivity index (χ4n) is 3.30. The molecule has 0 amide bonds. The van der Waals surface area contributed by atoms with Gasteiger partial charge in [-0.25, -0.2) is 0 Å². The van der Waals surface area contributed by atoms with Gasteiger partial charge in [0.2, 0.25) is 0 Å². The van der Waals surface area contributed by atoms with Gasteiger partial charge in [-0.3, -0.25) is 0 Å². The van der Waals surface area contributed by atoms with Gasteiger partial charge < -0.3 is 4.74 Å². The zero-order chi connectivity index (χ0) is 23.1. The number of halogens is 3. The Morgan fingerprint density at radius 1 is 0.636 bits per heavy atom. The molecule has 0 spiro atoms. The first-order chi connectivity index (χ1) is 16.0. The highest BCUT2D eigenvalue weighted by atomic mass is 32.2. The smallest absolute Gasteiger partial charge is 0.416 e. The third kappa shape index (κ3) is 6.08. The minimum atomic E-state index is -4.38. The number of ether oxygens (including phenoxy) is 1. The van der Waals surface area contributed by atoms with E-state index in [9.17, 15) is 13.2 Å². The lowest BCUT2D eigenvalue weighted by Crippen LogP contribution is -2.06. The monoisotopic (exact) mass is 462 g/mol. The van der Waals surface area contributed by atoms with Crippen LogP contribution >= 0.6 is 11.8 Å². The highest BCUT2D eigenvalue weighted by Gasteiger charge is 2.30. The molecule has 0 fully saturated rings. The van der Waals surface area contributed by atoms with Crippen LogP contribution in [0.5, 0.6) is 5.75 Å². The summed E-state index contributed by atoms with van der Waals surface area (Å²) in [5.41, 5.74) is 1.79. The molecule has 4 rings (SSSR count). The number of hydrogen-bond acceptors (Lipinski definition) is 2. The molecule has 4 aromatic rings. The molecule has 166 valence electrons. The lowest BCUT2D eigenvalue weighted by Gasteiger charge is -2.18. The van der Waals surface area contributed by atoms with Crippen LogP contribution in [0.2, 0.25) is 0 Å². The number of alkyl halides is 3. The molecule has 0 unspecified atom stereocenters. The van der Waals surface area contributed by atoms with Gasteiger partial charge >= 0.3 is 6.18 Å². The summed E-state index contributed by atoms with van der Waals surface area (Å²) in [4.78, 5) is 1.96. The summed E-state index contributed by atoms with van der Waals surface area (Å²) < 4.78 is 45.5. The Labute approximate surface area is 195 Å². The van der Waals surface area contributed by atoms with Crippen LogP contribution in [0.15, 0.2) is 120 Å². The van der Waals surface area contributed by atoms with E-state index in [0.717, 1.165) is 33.1 Å². The van der Waals surface area contributed by atoms with E-state index in [0.29, 0.717) is 11.3 Å². The van der Waals surface area contributed by atoms with Crippen molar-refractivity contribution >= 4 is 22.2 Å². The van der Waals surface area contributed by atoms with Gasteiger partial charge in [0.05, 0.1) is 5.56 Å². The van der Waals surface area contributed by atoms with Gasteiger partial charge in [0.15, 0.2) is 0 Å². The Morgan fingerprint density at radius 2 is 1.18 bits per heavy atom. The van der Waals surface area contributed by atoms with Crippen LogP contribution in [0.3, 0.4) is 0 Å². The van der Waals surface area contributed by atoms with Gasteiger partial charge in [-0.05, 0) is 47.5 Å². The molecule has 0 aliphatic heterocycles. The second-order valence-electron chi connectivity index (χ2n) is 7.27. The first-order valence-corrected chi connectivity index (χ1v) is 11.2. The van der Waals surface area contributed by atoms with Crippen molar-refractivity contribution in [3.63, 3.8) is 0 Å². The second kappa shape index (κ2) is 10.5. The van der Waals surface area contributed by atoms with E-state index in [-0.39, 0.29) is 6.61 Å². The van der Waals surface area contributed by atoms with Gasteiger partial charge in [-0.2, -0.15) is 13.2 Å². The van der Waals surface area contributed by atoms with E-state index in [1.807, 2.05) is 91.0 Å². The van der Waals surface area contributed by atoms with Crippen LogP contribution in [-0.2, 0) is 6.18 Å². The molecule has 0 aliphatic carbocycles. The fraction of sp³-hybridized carbons (Fsp3) is 0.0714. The van der Waals surface area contributed by atoms with Gasteiger partial charge in [0, 0.05) is 15.4 Å². The number of para-hydroxylation sites is 1. The molecular weight excluding hydrogens is 441 g/mol. The molecule has 0 N–H and O–H groups in total. The fourth-order valence-corrected chi connectivity index (χ4v) is 4.39. The summed E-state index contributed by atoms with van der Waals surface area (Å²) in [6.07, 6.45) is -4.38. The van der Waals surface area contributed by atoms with E-state index in [1.165, 1.54) is 12.1 Å². The summed E-state index contributed by atoms with van der Waals surface area (Å²) in [5.74, 6) is 0.694. The molecule has 0 bridgehead atoms. The predicted molar refractivity (Wildman–Crippen MR) is 129 cm³/mol. The maximum Gasteiger partial charge on any atom is 0.416 e. The molecule has 0 saturated heterocycles. The Morgan fingerprint density at radius 3 is 1.76 bits per heavy atom. The van der Waals surface area contributed by atoms with Crippen LogP contribution in [-0.4, -0.2) is 6.61 Å². The number of thioether (sulfide) groups is 1. The third-order valence-corrected chi connectivity index (χ3v) is 6.15. The second-order valence-corrected chi connectivity index (χ2v) is 8.35. The van der Waals surface area contributed by atoms with Crippen molar-refractivity contribution in [1.29, 1.82) is 0 Å². The Kier molecular flexibility index (Phi) is 7.20. The van der Waals surface area contributed by atoms with Crippen molar-refractivity contribution in [2.75, 3.05) is 6.61 Å². The van der Waals surface area contributed by atoms with Crippen molar-refractivity contribution < 1.29 is 17.9 Å². The summed E-state index contributed by atoms with van der Waals surface area (Å²) >= 11 is 1.57. The Hall–Kier alpha value is -3.44. The first kappa shape index (κ1) is 22.7. The normalized spacial score (nSPS) is 12.2. The van der Waals surface area contributed by atoms with Crippen LogP contribution in [0.25, 0.3) is 10.5 Å². The summed E-state index contributed by atoms with van der Waals surface area (Å²) in [6.45, 7) is 0.208. The van der Waals surface area contributed by atoms with Crippen molar-refractivity contribution in [1.82, 2.24) is 0 Å². The lowest BCUT2D eigenvalue weighted by molar-refractivity contribution is -0.137. The van der Waals surface area contributed by atoms with E-state index in [1.54, 1.807) is 11.8 Å². The molecule has 0 saturated carbocycles. The molecule has 4 aromatic carbocycles. The SMILES string of the molecule is FC(F)(F)c1ccc(/C(COc2ccccc2)=C(\Sc2ccccc2)c2ccccc2)cc1. The van der Waals surface area contributed by atoms with Crippen molar-refractivity contribution in [3.8, 4) is 5.75 Å². The molecule has 5 heteroatoms. The van der Waals surface area contributed by atoms with Crippen LogP contribution in [0, 0.1) is 0 Å². The Bertz CT molecular complexity index is 1190. The standard InChI is InChI=1S/C28H21F3OS/c29-28(30,31)23-18-16-21(17-19-23)26(20-32-24-12-6-2-7-13-24)27(22-10-4-1-5-11-22)33-25-14-8-3-9-15-25/h1-19H,20H2/b27-26-. The highest BCUT2D eigenvalue weighted by Crippen LogP contribution is 2.41. The number of benzene rings is 4. The van der Waals surface area contributed by atoms with Gasteiger partial charge in [0.1, 0.15) is 12.4 Å². The molecule has 0 aliphatic rings. The Balaban J connectivity index is 1.82. The van der Waals surface area contributed by atoms with Crippen LogP contribution in [0.4, 0.5) is 13.2 Å². The van der Waals surface area contributed by atoms with E-state index in [4.69, 9.17) is 4.74 Å². The van der Waals surface area contributed by atoms with Crippen molar-refractivity contribution in [3.05, 3.63) is 132 Å². The first-order valence-electron chi connectivity index (χ1n) is 10.4. The largest absolute Gasteiger partial charge is 0.489 e. The van der Waals surface area contributed by atoms with Crippen LogP contribution in [0.1, 0.15) is 16.7 Å². The maximum atomic E-state index is 13.2. The minimum Gasteiger partial charge on any atom is -0.489 e. The molecule has 0 atom stereocenters. The zero-order valence-corrected chi connectivity index (χ0v) is 18.4. The van der Waals surface area contributed by atoms with Gasteiger partial charge in [-0.15, -0.1) is 0 Å². The summed E-state index contributed by atoms with van der Waals surface area (Å²) in [5, 5.41) is 0. The van der Waals surface area contributed by atoms with Crippen molar-refractivity contribution in [2.45, 2.75) is 11.1 Å². The average molecular weight is 463 g/mol. The minimum absolute atomic E-state index is 0.208. The lowest BCUT2D eigenvalue weighted by atomic mass is 10.0. The van der Waals surface area contributed by atoms with Gasteiger partial charge in [0.25, 0.3) is 0 Å². The topological polar surface area (TPSA) is 9.23 Å². The maximum absolute atomic E-state index is 13.2. The quantitative estimate of drug-likeness (QED) is 0.201. The predicted octanol–water partition coefficient (Wildman–Crippen LogP) is 8.45. The van der Waals surface area contributed by atoms with E-state index in [2.05, 4.69) is 0 Å². The average Bonchev–Trinajstić information content (AvgIpc) is 2.85. The number of hydrogen-bond donors (Lipinski definition) is 0. The van der Waals surface area contributed by atoms with E-state index < -0.39 is 11.7 Å².